The van der Waals surface area contributed by atoms with Gasteiger partial charge in [0, 0.05) is 35.4 Å². The van der Waals surface area contributed by atoms with E-state index >= 15 is 0 Å². The molecule has 1 aliphatic rings. The smallest absolute Gasteiger partial charge is 0.262 e. The monoisotopic (exact) mass is 563 g/mol. The number of nitrogens with zero attached hydrogens (tertiary/aromatic N) is 1. The lowest BCUT2D eigenvalue weighted by atomic mass is 10.1. The van der Waals surface area contributed by atoms with Crippen molar-refractivity contribution in [2.45, 2.75) is 33.2 Å². The molecule has 7 nitrogen and oxygen atoms in total. The van der Waals surface area contributed by atoms with Gasteiger partial charge in [0.15, 0.2) is 6.61 Å². The standard InChI is InChI=1S/C29H30BrN3O4/c1-3-20-4-6-21(7-5-20)16-31-29(36)22-15-28(35)33(17-22)24-9-11-25(12-10-24)37-18-27(34)32-23-8-13-26(30)19(2)14-23/h4-14,22H,3,15-18H2,1-2H3,(H,31,36)(H,32,34)/t22-/m0/s1. The molecule has 8 heteroatoms. The third kappa shape index (κ3) is 6.98. The fourth-order valence-electron chi connectivity index (χ4n) is 4.15. The van der Waals surface area contributed by atoms with Gasteiger partial charge in [-0.15, -0.1) is 0 Å². The van der Waals surface area contributed by atoms with Crippen molar-refractivity contribution in [2.24, 2.45) is 5.92 Å². The molecule has 37 heavy (non-hydrogen) atoms. The zero-order valence-electron chi connectivity index (χ0n) is 20.9. The molecule has 0 saturated carbocycles. The molecule has 1 heterocycles. The van der Waals surface area contributed by atoms with Gasteiger partial charge in [0.2, 0.25) is 11.8 Å². The third-order valence-corrected chi connectivity index (χ3v) is 7.24. The molecule has 0 spiro atoms. The molecule has 1 saturated heterocycles. The van der Waals surface area contributed by atoms with Crippen LogP contribution in [0.5, 0.6) is 5.75 Å². The van der Waals surface area contributed by atoms with Gasteiger partial charge in [-0.2, -0.15) is 0 Å². The lowest BCUT2D eigenvalue weighted by Gasteiger charge is -2.17. The van der Waals surface area contributed by atoms with Crippen LogP contribution in [0.2, 0.25) is 0 Å². The van der Waals surface area contributed by atoms with Crippen LogP contribution in [0.4, 0.5) is 11.4 Å². The predicted molar refractivity (Wildman–Crippen MR) is 148 cm³/mol. The fraction of sp³-hybridized carbons (Fsp3) is 0.276. The summed E-state index contributed by atoms with van der Waals surface area (Å²) in [4.78, 5) is 39.1. The first-order valence-electron chi connectivity index (χ1n) is 12.3. The number of benzene rings is 3. The molecule has 0 aliphatic carbocycles. The minimum Gasteiger partial charge on any atom is -0.484 e. The van der Waals surface area contributed by atoms with Crippen molar-refractivity contribution in [1.29, 1.82) is 0 Å². The van der Waals surface area contributed by atoms with Crippen molar-refractivity contribution in [2.75, 3.05) is 23.4 Å². The molecule has 1 fully saturated rings. The summed E-state index contributed by atoms with van der Waals surface area (Å²) >= 11 is 3.44. The molecular weight excluding hydrogens is 534 g/mol. The van der Waals surface area contributed by atoms with Crippen LogP contribution >= 0.6 is 15.9 Å². The largest absolute Gasteiger partial charge is 0.484 e. The number of rotatable bonds is 9. The Morgan fingerprint density at radius 2 is 1.73 bits per heavy atom. The quantitative estimate of drug-likeness (QED) is 0.383. The van der Waals surface area contributed by atoms with E-state index < -0.39 is 5.92 Å². The lowest BCUT2D eigenvalue weighted by molar-refractivity contribution is -0.126. The summed E-state index contributed by atoms with van der Waals surface area (Å²) in [5.74, 6) is -0.367. The van der Waals surface area contributed by atoms with E-state index in [2.05, 4.69) is 45.6 Å². The molecule has 3 aromatic carbocycles. The number of ether oxygens (including phenoxy) is 1. The summed E-state index contributed by atoms with van der Waals surface area (Å²) in [5, 5.41) is 5.76. The summed E-state index contributed by atoms with van der Waals surface area (Å²) < 4.78 is 6.57. The molecule has 3 amide bonds. The highest BCUT2D eigenvalue weighted by atomic mass is 79.9. The second-order valence-electron chi connectivity index (χ2n) is 9.09. The average Bonchev–Trinajstić information content (AvgIpc) is 3.30. The number of amides is 3. The van der Waals surface area contributed by atoms with Gasteiger partial charge in [-0.25, -0.2) is 0 Å². The molecule has 0 unspecified atom stereocenters. The summed E-state index contributed by atoms with van der Waals surface area (Å²) in [6, 6.07) is 20.7. The average molecular weight is 564 g/mol. The highest BCUT2D eigenvalue weighted by Crippen LogP contribution is 2.27. The van der Waals surface area contributed by atoms with Gasteiger partial charge in [-0.05, 0) is 72.5 Å². The van der Waals surface area contributed by atoms with E-state index in [0.717, 1.165) is 22.0 Å². The van der Waals surface area contributed by atoms with Gasteiger partial charge in [-0.3, -0.25) is 14.4 Å². The number of carbonyl (C=O) groups excluding carboxylic acids is 3. The van der Waals surface area contributed by atoms with E-state index in [1.807, 2.05) is 37.3 Å². The van der Waals surface area contributed by atoms with E-state index in [0.29, 0.717) is 30.2 Å². The zero-order valence-corrected chi connectivity index (χ0v) is 22.5. The van der Waals surface area contributed by atoms with Crippen LogP contribution < -0.4 is 20.3 Å². The van der Waals surface area contributed by atoms with E-state index in [1.165, 1.54) is 5.56 Å². The molecule has 1 aliphatic heterocycles. The first-order valence-corrected chi connectivity index (χ1v) is 13.1. The Morgan fingerprint density at radius 3 is 2.41 bits per heavy atom. The third-order valence-electron chi connectivity index (χ3n) is 6.35. The maximum atomic E-state index is 12.7. The normalized spacial score (nSPS) is 14.9. The van der Waals surface area contributed by atoms with Crippen LogP contribution in [0, 0.1) is 12.8 Å². The lowest BCUT2D eigenvalue weighted by Crippen LogP contribution is -2.32. The number of carbonyl (C=O) groups is 3. The summed E-state index contributed by atoms with van der Waals surface area (Å²) in [7, 11) is 0. The molecule has 0 radical (unpaired) electrons. The van der Waals surface area contributed by atoms with Crippen molar-refractivity contribution < 1.29 is 19.1 Å². The predicted octanol–water partition coefficient (Wildman–Crippen LogP) is 5.01. The summed E-state index contributed by atoms with van der Waals surface area (Å²) in [5.41, 5.74) is 4.69. The Balaban J connectivity index is 1.26. The second-order valence-corrected chi connectivity index (χ2v) is 9.94. The maximum absolute atomic E-state index is 12.7. The van der Waals surface area contributed by atoms with E-state index in [4.69, 9.17) is 4.74 Å². The molecular formula is C29H30BrN3O4. The van der Waals surface area contributed by atoms with Crippen molar-refractivity contribution in [1.82, 2.24) is 5.32 Å². The first-order chi connectivity index (χ1) is 17.8. The molecule has 2 N–H and O–H groups in total. The van der Waals surface area contributed by atoms with Crippen molar-refractivity contribution in [3.8, 4) is 5.75 Å². The Bertz CT molecular complexity index is 1280. The number of aryl methyl sites for hydroxylation is 2. The van der Waals surface area contributed by atoms with Gasteiger partial charge in [0.25, 0.3) is 5.91 Å². The Morgan fingerprint density at radius 1 is 1.03 bits per heavy atom. The molecule has 192 valence electrons. The summed E-state index contributed by atoms with van der Waals surface area (Å²) in [6.45, 7) is 4.68. The minimum atomic E-state index is -0.399. The minimum absolute atomic E-state index is 0.0923. The zero-order chi connectivity index (χ0) is 26.4. The topological polar surface area (TPSA) is 87.7 Å². The molecule has 3 aromatic rings. The van der Waals surface area contributed by atoms with Crippen LogP contribution in [0.1, 0.15) is 30.0 Å². The molecule has 0 bridgehead atoms. The van der Waals surface area contributed by atoms with E-state index in [9.17, 15) is 14.4 Å². The van der Waals surface area contributed by atoms with Crippen molar-refractivity contribution in [3.63, 3.8) is 0 Å². The van der Waals surface area contributed by atoms with Gasteiger partial charge in [-0.1, -0.05) is 47.1 Å². The summed E-state index contributed by atoms with van der Waals surface area (Å²) in [6.07, 6.45) is 1.15. The van der Waals surface area contributed by atoms with Gasteiger partial charge in [0.05, 0.1) is 5.92 Å². The second kappa shape index (κ2) is 12.1. The van der Waals surface area contributed by atoms with Crippen LogP contribution in [0.25, 0.3) is 0 Å². The van der Waals surface area contributed by atoms with Gasteiger partial charge in [0.1, 0.15) is 5.75 Å². The first kappa shape index (κ1) is 26.4. The van der Waals surface area contributed by atoms with Crippen molar-refractivity contribution in [3.05, 3.63) is 87.9 Å². The van der Waals surface area contributed by atoms with Crippen LogP contribution in [0.15, 0.2) is 71.2 Å². The highest BCUT2D eigenvalue weighted by Gasteiger charge is 2.35. The molecule has 1 atom stereocenters. The van der Waals surface area contributed by atoms with Crippen LogP contribution in [0.3, 0.4) is 0 Å². The van der Waals surface area contributed by atoms with Gasteiger partial charge < -0.3 is 20.3 Å². The number of nitrogens with one attached hydrogen (secondary N) is 2. The molecule has 0 aromatic heterocycles. The van der Waals surface area contributed by atoms with Crippen molar-refractivity contribution >= 4 is 45.0 Å². The van der Waals surface area contributed by atoms with Gasteiger partial charge >= 0.3 is 0 Å². The van der Waals surface area contributed by atoms with E-state index in [-0.39, 0.29) is 30.7 Å². The molecule has 4 rings (SSSR count). The number of hydrogen-bond acceptors (Lipinski definition) is 4. The maximum Gasteiger partial charge on any atom is 0.262 e. The van der Waals surface area contributed by atoms with E-state index in [1.54, 1.807) is 29.2 Å². The number of anilines is 2. The fourth-order valence-corrected chi connectivity index (χ4v) is 4.40. The van der Waals surface area contributed by atoms with Crippen LogP contribution in [-0.4, -0.2) is 30.9 Å². The SMILES string of the molecule is CCc1ccc(CNC(=O)[C@H]2CC(=O)N(c3ccc(OCC(=O)Nc4ccc(Br)c(C)c4)cc3)C2)cc1. The number of halogens is 1. The Hall–Kier alpha value is -3.65. The Labute approximate surface area is 225 Å². The number of hydrogen-bond donors (Lipinski definition) is 2. The van der Waals surface area contributed by atoms with Crippen LogP contribution in [-0.2, 0) is 27.3 Å². The Kier molecular flexibility index (Phi) is 8.61. The highest BCUT2D eigenvalue weighted by molar-refractivity contribution is 9.10.